The molecule has 122 valence electrons. The van der Waals surface area contributed by atoms with Gasteiger partial charge in [-0.05, 0) is 12.1 Å². The zero-order valence-corrected chi connectivity index (χ0v) is 12.9. The summed E-state index contributed by atoms with van der Waals surface area (Å²) in [5, 5.41) is 11.6. The smallest absolute Gasteiger partial charge is 0.326 e. The molecule has 0 aliphatic carbocycles. The highest BCUT2D eigenvalue weighted by Gasteiger charge is 2.21. The quantitative estimate of drug-likeness (QED) is 0.702. The topological polar surface area (TPSA) is 94.1 Å². The number of methoxy groups -OCH3 is 3. The van der Waals surface area contributed by atoms with Crippen LogP contribution in [0.25, 0.3) is 0 Å². The Bertz CT molecular complexity index is 495. The molecule has 0 saturated carbocycles. The molecule has 2 N–H and O–H groups in total. The van der Waals surface area contributed by atoms with Crippen molar-refractivity contribution >= 4 is 11.9 Å². The Morgan fingerprint density at radius 3 is 2.23 bits per heavy atom. The third-order valence-corrected chi connectivity index (χ3v) is 3.11. The maximum atomic E-state index is 12.1. The monoisotopic (exact) mass is 311 g/mol. The van der Waals surface area contributed by atoms with Crippen molar-refractivity contribution in [3.8, 4) is 11.5 Å². The predicted octanol–water partition coefficient (Wildman–Crippen LogP) is 0.852. The van der Waals surface area contributed by atoms with E-state index in [4.69, 9.17) is 19.3 Å². The second kappa shape index (κ2) is 8.89. The van der Waals surface area contributed by atoms with E-state index in [0.29, 0.717) is 17.1 Å². The number of ether oxygens (including phenoxy) is 3. The lowest BCUT2D eigenvalue weighted by Crippen LogP contribution is -2.42. The number of hydrogen-bond donors (Lipinski definition) is 2. The van der Waals surface area contributed by atoms with Gasteiger partial charge in [-0.25, -0.2) is 4.79 Å². The molecule has 0 bridgehead atoms. The van der Waals surface area contributed by atoms with Crippen LogP contribution in [0.3, 0.4) is 0 Å². The van der Waals surface area contributed by atoms with E-state index in [-0.39, 0.29) is 19.4 Å². The molecule has 1 unspecified atom stereocenters. The van der Waals surface area contributed by atoms with Crippen molar-refractivity contribution in [1.82, 2.24) is 5.32 Å². The number of nitrogens with one attached hydrogen (secondary N) is 1. The summed E-state index contributed by atoms with van der Waals surface area (Å²) < 4.78 is 15.3. The molecule has 0 aliphatic rings. The first-order chi connectivity index (χ1) is 10.5. The zero-order chi connectivity index (χ0) is 16.5. The molecule has 22 heavy (non-hydrogen) atoms. The Morgan fingerprint density at radius 1 is 1.18 bits per heavy atom. The van der Waals surface area contributed by atoms with Gasteiger partial charge in [-0.15, -0.1) is 0 Å². The fourth-order valence-corrected chi connectivity index (χ4v) is 2.00. The van der Waals surface area contributed by atoms with Crippen LogP contribution in [-0.4, -0.2) is 51.0 Å². The number of carboxylic acid groups (broad SMARTS) is 1. The van der Waals surface area contributed by atoms with Gasteiger partial charge in [0.15, 0.2) is 0 Å². The van der Waals surface area contributed by atoms with Gasteiger partial charge in [0.05, 0.1) is 20.6 Å². The van der Waals surface area contributed by atoms with E-state index in [1.807, 2.05) is 0 Å². The first-order valence-electron chi connectivity index (χ1n) is 6.74. The van der Waals surface area contributed by atoms with Gasteiger partial charge in [-0.1, -0.05) is 6.07 Å². The van der Waals surface area contributed by atoms with Crippen LogP contribution in [0.15, 0.2) is 18.2 Å². The Balaban J connectivity index is 2.81. The number of hydrogen-bond acceptors (Lipinski definition) is 5. The number of benzene rings is 1. The molecule has 1 aromatic carbocycles. The van der Waals surface area contributed by atoms with Crippen LogP contribution in [0.4, 0.5) is 0 Å². The number of rotatable bonds is 9. The third kappa shape index (κ3) is 4.92. The Morgan fingerprint density at radius 2 is 1.77 bits per heavy atom. The van der Waals surface area contributed by atoms with E-state index in [1.165, 1.54) is 21.3 Å². The van der Waals surface area contributed by atoms with Crippen molar-refractivity contribution < 1.29 is 28.9 Å². The summed E-state index contributed by atoms with van der Waals surface area (Å²) in [7, 11) is 4.46. The standard InChI is InChI=1S/C15H21NO6/c1-20-8-7-11(15(18)19)16-14(17)9-10-12(21-2)5-4-6-13(10)22-3/h4-6,11H,7-9H2,1-3H3,(H,16,17)(H,18,19). The van der Waals surface area contributed by atoms with Crippen LogP contribution in [0.2, 0.25) is 0 Å². The number of carboxylic acids is 1. The lowest BCUT2D eigenvalue weighted by molar-refractivity contribution is -0.142. The summed E-state index contributed by atoms with van der Waals surface area (Å²) in [5.74, 6) is -0.500. The summed E-state index contributed by atoms with van der Waals surface area (Å²) in [6.45, 7) is 0.245. The van der Waals surface area contributed by atoms with Gasteiger partial charge in [0.25, 0.3) is 0 Å². The maximum Gasteiger partial charge on any atom is 0.326 e. The van der Waals surface area contributed by atoms with E-state index >= 15 is 0 Å². The number of aliphatic carboxylic acids is 1. The minimum absolute atomic E-state index is 0.0377. The van der Waals surface area contributed by atoms with E-state index in [0.717, 1.165) is 0 Å². The molecule has 0 spiro atoms. The number of carbonyl (C=O) groups excluding carboxylic acids is 1. The molecule has 1 amide bonds. The summed E-state index contributed by atoms with van der Waals surface area (Å²) in [4.78, 5) is 23.2. The summed E-state index contributed by atoms with van der Waals surface area (Å²) >= 11 is 0. The van der Waals surface area contributed by atoms with Gasteiger partial charge in [-0.2, -0.15) is 0 Å². The van der Waals surface area contributed by atoms with Crippen LogP contribution in [0.1, 0.15) is 12.0 Å². The minimum atomic E-state index is -1.10. The number of carbonyl (C=O) groups is 2. The van der Waals surface area contributed by atoms with Gasteiger partial charge in [0.2, 0.25) is 5.91 Å². The molecule has 1 rings (SSSR count). The van der Waals surface area contributed by atoms with Crippen molar-refractivity contribution in [2.24, 2.45) is 0 Å². The second-order valence-corrected chi connectivity index (χ2v) is 4.56. The first-order valence-corrected chi connectivity index (χ1v) is 6.74. The van der Waals surface area contributed by atoms with E-state index in [9.17, 15) is 9.59 Å². The van der Waals surface area contributed by atoms with Crippen LogP contribution in [0.5, 0.6) is 11.5 Å². The second-order valence-electron chi connectivity index (χ2n) is 4.56. The van der Waals surface area contributed by atoms with Gasteiger partial charge in [-0.3, -0.25) is 4.79 Å². The molecule has 7 heteroatoms. The van der Waals surface area contributed by atoms with Crippen LogP contribution < -0.4 is 14.8 Å². The van der Waals surface area contributed by atoms with Crippen LogP contribution in [0, 0.1) is 0 Å². The molecule has 1 atom stereocenters. The average Bonchev–Trinajstić information content (AvgIpc) is 2.51. The summed E-state index contributed by atoms with van der Waals surface area (Å²) in [6, 6.07) is 4.18. The van der Waals surface area contributed by atoms with Crippen molar-refractivity contribution in [1.29, 1.82) is 0 Å². The highest BCUT2D eigenvalue weighted by Crippen LogP contribution is 2.28. The zero-order valence-electron chi connectivity index (χ0n) is 12.9. The highest BCUT2D eigenvalue weighted by atomic mass is 16.5. The van der Waals surface area contributed by atoms with Crippen molar-refractivity contribution in [3.05, 3.63) is 23.8 Å². The van der Waals surface area contributed by atoms with Gasteiger partial charge in [0.1, 0.15) is 17.5 Å². The van der Waals surface area contributed by atoms with E-state index in [2.05, 4.69) is 5.32 Å². The molecule has 0 heterocycles. The molecule has 1 aromatic rings. The largest absolute Gasteiger partial charge is 0.496 e. The van der Waals surface area contributed by atoms with Crippen LogP contribution in [-0.2, 0) is 20.7 Å². The fourth-order valence-electron chi connectivity index (χ4n) is 2.00. The van der Waals surface area contributed by atoms with Crippen molar-refractivity contribution in [2.45, 2.75) is 18.9 Å². The maximum absolute atomic E-state index is 12.1. The SMILES string of the molecule is COCCC(NC(=O)Cc1c(OC)cccc1OC)C(=O)O. The molecule has 0 aliphatic heterocycles. The Kier molecular flexibility index (Phi) is 7.18. The summed E-state index contributed by atoms with van der Waals surface area (Å²) in [6.07, 6.45) is 0.157. The van der Waals surface area contributed by atoms with Gasteiger partial charge < -0.3 is 24.6 Å². The first kappa shape index (κ1) is 17.8. The molecular weight excluding hydrogens is 290 g/mol. The van der Waals surface area contributed by atoms with Gasteiger partial charge >= 0.3 is 5.97 Å². The minimum Gasteiger partial charge on any atom is -0.496 e. The highest BCUT2D eigenvalue weighted by molar-refractivity contribution is 5.85. The molecule has 0 fully saturated rings. The van der Waals surface area contributed by atoms with E-state index < -0.39 is 17.9 Å². The Labute approximate surface area is 129 Å². The van der Waals surface area contributed by atoms with Crippen molar-refractivity contribution in [3.63, 3.8) is 0 Å². The van der Waals surface area contributed by atoms with Crippen molar-refractivity contribution in [2.75, 3.05) is 27.9 Å². The molecule has 7 nitrogen and oxygen atoms in total. The normalized spacial score (nSPS) is 11.6. The Hall–Kier alpha value is -2.28. The van der Waals surface area contributed by atoms with Crippen LogP contribution >= 0.6 is 0 Å². The van der Waals surface area contributed by atoms with Gasteiger partial charge in [0, 0.05) is 25.7 Å². The predicted molar refractivity (Wildman–Crippen MR) is 79.3 cm³/mol. The van der Waals surface area contributed by atoms with E-state index in [1.54, 1.807) is 18.2 Å². The molecule has 0 aromatic heterocycles. The molecule has 0 radical (unpaired) electrons. The average molecular weight is 311 g/mol. The third-order valence-electron chi connectivity index (χ3n) is 3.11. The molecular formula is C15H21NO6. The lowest BCUT2D eigenvalue weighted by atomic mass is 10.1. The molecule has 0 saturated heterocycles. The number of amides is 1. The lowest BCUT2D eigenvalue weighted by Gasteiger charge is -2.16. The summed E-state index contributed by atoms with van der Waals surface area (Å²) in [5.41, 5.74) is 0.570. The fraction of sp³-hybridized carbons (Fsp3) is 0.467.